The monoisotopic (exact) mass is 330 g/mol. The van der Waals surface area contributed by atoms with Crippen molar-refractivity contribution in [2.75, 3.05) is 6.61 Å². The van der Waals surface area contributed by atoms with E-state index in [2.05, 4.69) is 0 Å². The van der Waals surface area contributed by atoms with Crippen LogP contribution in [-0.4, -0.2) is 35.8 Å². The van der Waals surface area contributed by atoms with Crippen molar-refractivity contribution in [3.8, 4) is 0 Å². The zero-order valence-electron chi connectivity index (χ0n) is 14.3. The fraction of sp³-hybridized carbons (Fsp3) is 0.737. The highest BCUT2D eigenvalue weighted by Gasteiger charge is 2.88. The number of ketones is 2. The molecule has 2 saturated heterocycles. The molecule has 5 fully saturated rings. The quantitative estimate of drug-likeness (QED) is 0.634. The van der Waals surface area contributed by atoms with Crippen LogP contribution in [-0.2, 0) is 23.9 Å². The van der Waals surface area contributed by atoms with E-state index in [-0.39, 0.29) is 30.0 Å². The maximum absolute atomic E-state index is 13.5. The van der Waals surface area contributed by atoms with Crippen molar-refractivity contribution in [1.82, 2.24) is 0 Å². The normalized spacial score (nSPS) is 53.6. The summed E-state index contributed by atoms with van der Waals surface area (Å²) in [5.74, 6) is -0.492. The molecule has 6 atom stereocenters. The number of fused-ring (bicyclic) bond motifs is 2. The van der Waals surface area contributed by atoms with Gasteiger partial charge in [0.1, 0.15) is 17.8 Å². The third kappa shape index (κ3) is 1.15. The molecular weight excluding hydrogens is 308 g/mol. The van der Waals surface area contributed by atoms with E-state index in [1.54, 1.807) is 6.08 Å². The van der Waals surface area contributed by atoms with Gasteiger partial charge in [0.05, 0.1) is 11.5 Å². The molecule has 5 heteroatoms. The van der Waals surface area contributed by atoms with Crippen molar-refractivity contribution in [3.05, 3.63) is 12.2 Å². The summed E-state index contributed by atoms with van der Waals surface area (Å²) in [5.41, 5.74) is -3.80. The van der Waals surface area contributed by atoms with Crippen molar-refractivity contribution in [1.29, 1.82) is 0 Å². The van der Waals surface area contributed by atoms with E-state index in [0.29, 0.717) is 12.8 Å². The van der Waals surface area contributed by atoms with Gasteiger partial charge < -0.3 is 9.47 Å². The van der Waals surface area contributed by atoms with Crippen LogP contribution in [0, 0.1) is 28.1 Å². The third-order valence-corrected chi connectivity index (χ3v) is 7.74. The first kappa shape index (κ1) is 14.8. The van der Waals surface area contributed by atoms with E-state index in [4.69, 9.17) is 9.47 Å². The summed E-state index contributed by atoms with van der Waals surface area (Å²) in [6.07, 6.45) is 4.88. The first-order chi connectivity index (χ1) is 11.2. The zero-order chi connectivity index (χ0) is 17.1. The molecule has 24 heavy (non-hydrogen) atoms. The van der Waals surface area contributed by atoms with Crippen LogP contribution < -0.4 is 0 Å². The zero-order valence-corrected chi connectivity index (χ0v) is 14.3. The molecule has 2 heterocycles. The summed E-state index contributed by atoms with van der Waals surface area (Å²) >= 11 is 0. The number of ether oxygens (including phenoxy) is 2. The Labute approximate surface area is 140 Å². The first-order valence-electron chi connectivity index (χ1n) is 8.86. The lowest BCUT2D eigenvalue weighted by Crippen LogP contribution is -2.75. The highest BCUT2D eigenvalue weighted by atomic mass is 16.6. The highest BCUT2D eigenvalue weighted by Crippen LogP contribution is 2.75. The van der Waals surface area contributed by atoms with Crippen molar-refractivity contribution in [2.45, 2.75) is 51.7 Å². The summed E-state index contributed by atoms with van der Waals surface area (Å²) in [5, 5.41) is 0. The minimum atomic E-state index is -1.26. The molecule has 6 aliphatic rings. The van der Waals surface area contributed by atoms with Crippen molar-refractivity contribution in [3.63, 3.8) is 0 Å². The molecule has 0 aromatic heterocycles. The fourth-order valence-electron chi connectivity index (χ4n) is 6.60. The number of rotatable bonds is 0. The van der Waals surface area contributed by atoms with Crippen LogP contribution in [0.4, 0.5) is 0 Å². The van der Waals surface area contributed by atoms with Gasteiger partial charge in [-0.05, 0) is 31.3 Å². The van der Waals surface area contributed by atoms with Gasteiger partial charge in [-0.25, -0.2) is 4.79 Å². The highest BCUT2D eigenvalue weighted by molar-refractivity contribution is 6.09. The van der Waals surface area contributed by atoms with Crippen LogP contribution in [0.15, 0.2) is 12.2 Å². The van der Waals surface area contributed by atoms with Crippen LogP contribution >= 0.6 is 0 Å². The molecule has 0 aromatic carbocycles. The van der Waals surface area contributed by atoms with Gasteiger partial charge in [0, 0.05) is 11.3 Å². The predicted molar refractivity (Wildman–Crippen MR) is 82.9 cm³/mol. The second kappa shape index (κ2) is 3.85. The summed E-state index contributed by atoms with van der Waals surface area (Å²) in [4.78, 5) is 39.5. The molecular formula is C19H22O5. The van der Waals surface area contributed by atoms with E-state index in [0.717, 1.165) is 6.42 Å². The maximum Gasteiger partial charge on any atom is 0.339 e. The van der Waals surface area contributed by atoms with Gasteiger partial charge in [-0.15, -0.1) is 0 Å². The molecule has 6 rings (SSSR count). The lowest BCUT2D eigenvalue weighted by Gasteiger charge is -2.61. The molecule has 0 radical (unpaired) electrons. The van der Waals surface area contributed by atoms with Crippen molar-refractivity contribution in [2.24, 2.45) is 28.1 Å². The van der Waals surface area contributed by atoms with Gasteiger partial charge in [0.2, 0.25) is 0 Å². The number of carbonyl (C=O) groups is 3. The molecule has 2 spiro atoms. The van der Waals surface area contributed by atoms with Gasteiger partial charge >= 0.3 is 5.97 Å². The van der Waals surface area contributed by atoms with Crippen LogP contribution in [0.1, 0.15) is 40.0 Å². The Morgan fingerprint density at radius 1 is 1.21 bits per heavy atom. The van der Waals surface area contributed by atoms with E-state index < -0.39 is 33.9 Å². The Morgan fingerprint density at radius 3 is 2.71 bits per heavy atom. The molecule has 4 bridgehead atoms. The number of allylic oxidation sites excluding steroid dienone is 1. The van der Waals surface area contributed by atoms with Crippen LogP contribution in [0.5, 0.6) is 0 Å². The molecule has 0 amide bonds. The molecule has 128 valence electrons. The van der Waals surface area contributed by atoms with Gasteiger partial charge in [0.15, 0.2) is 11.4 Å². The molecule has 2 aliphatic heterocycles. The summed E-state index contributed by atoms with van der Waals surface area (Å²) < 4.78 is 12.0. The summed E-state index contributed by atoms with van der Waals surface area (Å²) in [7, 11) is 0. The molecule has 0 unspecified atom stereocenters. The summed E-state index contributed by atoms with van der Waals surface area (Å²) in [6, 6.07) is 0. The Morgan fingerprint density at radius 2 is 1.96 bits per heavy atom. The van der Waals surface area contributed by atoms with Gasteiger partial charge in [-0.3, -0.25) is 9.59 Å². The van der Waals surface area contributed by atoms with Crippen molar-refractivity contribution < 1.29 is 23.9 Å². The van der Waals surface area contributed by atoms with Crippen LogP contribution in [0.3, 0.4) is 0 Å². The Balaban J connectivity index is 1.87. The lowest BCUT2D eigenvalue weighted by molar-refractivity contribution is -0.222. The van der Waals surface area contributed by atoms with E-state index in [9.17, 15) is 14.4 Å². The van der Waals surface area contributed by atoms with Gasteiger partial charge in [-0.1, -0.05) is 26.8 Å². The predicted octanol–water partition coefficient (Wildman–Crippen LogP) is 1.84. The Hall–Kier alpha value is -1.49. The number of esters is 1. The summed E-state index contributed by atoms with van der Waals surface area (Å²) in [6.45, 7) is 5.92. The van der Waals surface area contributed by atoms with Gasteiger partial charge in [-0.2, -0.15) is 0 Å². The van der Waals surface area contributed by atoms with Crippen LogP contribution in [0.25, 0.3) is 0 Å². The van der Waals surface area contributed by atoms with E-state index in [1.807, 2.05) is 26.8 Å². The Kier molecular flexibility index (Phi) is 2.37. The smallest absolute Gasteiger partial charge is 0.339 e. The standard InChI is InChI=1S/C19H22O5/c1-10-11-4-7-18(13(10)21)17-9-23-15(22)19(18,8-11)24-14(17)16(2,3)6-5-12(17)20/h5-6,10-11,14H,4,7-9H2,1-3H3/t10-,11-,14-,17+,18-,19+/m0/s1. The average molecular weight is 330 g/mol. The van der Waals surface area contributed by atoms with E-state index >= 15 is 0 Å². The molecule has 0 aromatic rings. The molecule has 3 saturated carbocycles. The second-order valence-electron chi connectivity index (χ2n) is 8.95. The number of carbonyl (C=O) groups excluding carboxylic acids is 3. The minimum absolute atomic E-state index is 0.0338. The Bertz CT molecular complexity index is 736. The lowest BCUT2D eigenvalue weighted by atomic mass is 9.38. The van der Waals surface area contributed by atoms with E-state index in [1.165, 1.54) is 0 Å². The SMILES string of the molecule is C[C@@H]1C(=O)[C@]23CC[C@H]1C[C@]21O[C@H]2C(C)(C)C=CC(=O)[C@]23COC1=O. The number of hydrogen-bond acceptors (Lipinski definition) is 5. The molecule has 4 aliphatic carbocycles. The molecule has 0 N–H and O–H groups in total. The molecule has 5 nitrogen and oxygen atoms in total. The first-order valence-corrected chi connectivity index (χ1v) is 8.86. The van der Waals surface area contributed by atoms with Crippen molar-refractivity contribution >= 4 is 17.5 Å². The number of Topliss-reactive ketones (excluding diaryl/α,β-unsaturated/α-hetero) is 1. The fourth-order valence-corrected chi connectivity index (χ4v) is 6.60. The largest absolute Gasteiger partial charge is 0.462 e. The number of hydrogen-bond donors (Lipinski definition) is 0. The topological polar surface area (TPSA) is 69.7 Å². The van der Waals surface area contributed by atoms with Gasteiger partial charge in [0.25, 0.3) is 0 Å². The second-order valence-corrected chi connectivity index (χ2v) is 8.95. The maximum atomic E-state index is 13.5. The third-order valence-electron chi connectivity index (χ3n) is 7.74. The average Bonchev–Trinajstić information content (AvgIpc) is 2.76. The minimum Gasteiger partial charge on any atom is -0.462 e. The number of cyclic esters (lactones) is 1. The van der Waals surface area contributed by atoms with Crippen LogP contribution in [0.2, 0.25) is 0 Å².